The number of rotatable bonds is 9. The van der Waals surface area contributed by atoms with E-state index in [1.807, 2.05) is 13.1 Å². The van der Waals surface area contributed by atoms with Crippen LogP contribution in [0, 0.1) is 13.8 Å². The van der Waals surface area contributed by atoms with Gasteiger partial charge in [-0.3, -0.25) is 4.98 Å². The Kier molecular flexibility index (Phi) is 7.55. The van der Waals surface area contributed by atoms with E-state index in [-0.39, 0.29) is 0 Å². The fraction of sp³-hybridized carbons (Fsp3) is 0.688. The Hall–Kier alpha value is -1.13. The first-order valence-electron chi connectivity index (χ1n) is 7.35. The maximum absolute atomic E-state index is 5.48. The van der Waals surface area contributed by atoms with Gasteiger partial charge in [-0.1, -0.05) is 6.92 Å². The summed E-state index contributed by atoms with van der Waals surface area (Å²) in [5.74, 6) is 0.960. The van der Waals surface area contributed by atoms with Gasteiger partial charge in [0.1, 0.15) is 5.75 Å². The molecule has 1 N–H and O–H groups in total. The molecule has 0 fully saturated rings. The number of likely N-dealkylation sites (N-methyl/N-ethyl adjacent to an activating group) is 1. The molecule has 0 saturated carbocycles. The zero-order valence-electron chi connectivity index (χ0n) is 13.5. The number of nitrogens with one attached hydrogen (secondary N) is 1. The molecular weight excluding hydrogens is 252 g/mol. The number of methoxy groups -OCH3 is 2. The number of ether oxygens (including phenoxy) is 2. The second-order valence-corrected chi connectivity index (χ2v) is 5.14. The molecule has 1 aromatic rings. The zero-order chi connectivity index (χ0) is 15.0. The number of pyridine rings is 1. The van der Waals surface area contributed by atoms with Gasteiger partial charge in [0.2, 0.25) is 0 Å². The average molecular weight is 280 g/mol. The lowest BCUT2D eigenvalue weighted by Gasteiger charge is -2.19. The predicted molar refractivity (Wildman–Crippen MR) is 82.5 cm³/mol. The van der Waals surface area contributed by atoms with Gasteiger partial charge in [-0.2, -0.15) is 0 Å². The normalized spacial score (nSPS) is 12.4. The molecule has 0 aliphatic heterocycles. The molecule has 0 bridgehead atoms. The quantitative estimate of drug-likeness (QED) is 0.706. The molecule has 1 atom stereocenters. The van der Waals surface area contributed by atoms with E-state index in [2.05, 4.69) is 24.1 Å². The van der Waals surface area contributed by atoms with E-state index in [0.29, 0.717) is 6.04 Å². The minimum atomic E-state index is 0.439. The molecule has 114 valence electrons. The Morgan fingerprint density at radius 2 is 2.05 bits per heavy atom. The second kappa shape index (κ2) is 8.93. The predicted octanol–water partition coefficient (Wildman–Crippen LogP) is 2.65. The van der Waals surface area contributed by atoms with Crippen LogP contribution in [0.4, 0.5) is 0 Å². The Labute approximate surface area is 122 Å². The van der Waals surface area contributed by atoms with E-state index in [9.17, 15) is 0 Å². The van der Waals surface area contributed by atoms with Crippen LogP contribution in [0.15, 0.2) is 6.20 Å². The van der Waals surface area contributed by atoms with E-state index in [1.165, 1.54) is 0 Å². The minimum absolute atomic E-state index is 0.439. The van der Waals surface area contributed by atoms with E-state index >= 15 is 0 Å². The molecule has 1 heterocycles. The van der Waals surface area contributed by atoms with Crippen LogP contribution in [-0.4, -0.2) is 38.4 Å². The molecule has 1 rings (SSSR count). The molecular formula is C16H28N2O2. The van der Waals surface area contributed by atoms with Crippen molar-refractivity contribution in [1.29, 1.82) is 0 Å². The van der Waals surface area contributed by atoms with Crippen molar-refractivity contribution in [3.63, 3.8) is 0 Å². The monoisotopic (exact) mass is 280 g/mol. The van der Waals surface area contributed by atoms with Crippen LogP contribution in [0.25, 0.3) is 0 Å². The summed E-state index contributed by atoms with van der Waals surface area (Å²) in [6.45, 7) is 8.04. The van der Waals surface area contributed by atoms with Crippen molar-refractivity contribution in [1.82, 2.24) is 10.3 Å². The summed E-state index contributed by atoms with van der Waals surface area (Å²) < 4.78 is 10.6. The second-order valence-electron chi connectivity index (χ2n) is 5.14. The Morgan fingerprint density at radius 1 is 1.30 bits per heavy atom. The number of nitrogens with zero attached hydrogens (tertiary/aromatic N) is 1. The first-order valence-corrected chi connectivity index (χ1v) is 7.35. The highest BCUT2D eigenvalue weighted by Crippen LogP contribution is 2.25. The molecule has 4 heteroatoms. The van der Waals surface area contributed by atoms with Gasteiger partial charge in [0.15, 0.2) is 0 Å². The summed E-state index contributed by atoms with van der Waals surface area (Å²) in [6.07, 6.45) is 4.99. The zero-order valence-corrected chi connectivity index (χ0v) is 13.5. The van der Waals surface area contributed by atoms with Crippen molar-refractivity contribution >= 4 is 0 Å². The summed E-state index contributed by atoms with van der Waals surface area (Å²) in [5.41, 5.74) is 3.37. The lowest BCUT2D eigenvalue weighted by Crippen LogP contribution is -2.31. The van der Waals surface area contributed by atoms with E-state index in [4.69, 9.17) is 9.47 Å². The lowest BCUT2D eigenvalue weighted by molar-refractivity contribution is 0.188. The first-order chi connectivity index (χ1) is 9.63. The summed E-state index contributed by atoms with van der Waals surface area (Å²) in [4.78, 5) is 4.59. The molecule has 0 aliphatic rings. The highest BCUT2D eigenvalue weighted by atomic mass is 16.5. The highest BCUT2D eigenvalue weighted by Gasteiger charge is 2.14. The van der Waals surface area contributed by atoms with Crippen LogP contribution < -0.4 is 10.1 Å². The van der Waals surface area contributed by atoms with Gasteiger partial charge in [-0.15, -0.1) is 0 Å². The molecule has 1 unspecified atom stereocenters. The molecule has 0 aromatic carbocycles. The van der Waals surface area contributed by atoms with Gasteiger partial charge in [0.25, 0.3) is 0 Å². The van der Waals surface area contributed by atoms with Gasteiger partial charge < -0.3 is 14.8 Å². The molecule has 20 heavy (non-hydrogen) atoms. The van der Waals surface area contributed by atoms with Gasteiger partial charge in [-0.05, 0) is 33.2 Å². The van der Waals surface area contributed by atoms with Crippen LogP contribution in [0.3, 0.4) is 0 Å². The standard InChI is InChI=1S/C16H28N2O2/c1-6-17-14(8-7-9-19-4)10-15-13(3)16(20-5)12(2)11-18-15/h11,14,17H,6-10H2,1-5H3. The SMILES string of the molecule is CCNC(CCCOC)Cc1ncc(C)c(OC)c1C. The Balaban J connectivity index is 2.77. The molecule has 0 aliphatic carbocycles. The molecule has 0 spiro atoms. The summed E-state index contributed by atoms with van der Waals surface area (Å²) in [6, 6.07) is 0.439. The third kappa shape index (κ3) is 4.76. The van der Waals surface area contributed by atoms with E-state index < -0.39 is 0 Å². The molecule has 0 amide bonds. The lowest BCUT2D eigenvalue weighted by atomic mass is 10.0. The topological polar surface area (TPSA) is 43.4 Å². The van der Waals surface area contributed by atoms with Crippen LogP contribution in [0.5, 0.6) is 5.75 Å². The van der Waals surface area contributed by atoms with Gasteiger partial charge in [-0.25, -0.2) is 0 Å². The smallest absolute Gasteiger partial charge is 0.128 e. The highest BCUT2D eigenvalue weighted by molar-refractivity contribution is 5.41. The number of aromatic nitrogens is 1. The Morgan fingerprint density at radius 3 is 2.65 bits per heavy atom. The maximum Gasteiger partial charge on any atom is 0.128 e. The van der Waals surface area contributed by atoms with E-state index in [1.54, 1.807) is 14.2 Å². The third-order valence-corrected chi connectivity index (χ3v) is 3.58. The van der Waals surface area contributed by atoms with Gasteiger partial charge in [0.05, 0.1) is 7.11 Å². The van der Waals surface area contributed by atoms with Crippen LogP contribution in [0.2, 0.25) is 0 Å². The first kappa shape index (κ1) is 16.9. The van der Waals surface area contributed by atoms with Crippen molar-refractivity contribution in [2.75, 3.05) is 27.4 Å². The number of hydrogen-bond acceptors (Lipinski definition) is 4. The van der Waals surface area contributed by atoms with Crippen molar-refractivity contribution < 1.29 is 9.47 Å². The van der Waals surface area contributed by atoms with Crippen LogP contribution in [-0.2, 0) is 11.2 Å². The van der Waals surface area contributed by atoms with Crippen molar-refractivity contribution in [3.8, 4) is 5.75 Å². The maximum atomic E-state index is 5.48. The van der Waals surface area contributed by atoms with Crippen LogP contribution >= 0.6 is 0 Å². The largest absolute Gasteiger partial charge is 0.496 e. The van der Waals surface area contributed by atoms with Gasteiger partial charge >= 0.3 is 0 Å². The Bertz CT molecular complexity index is 408. The molecule has 1 aromatic heterocycles. The number of hydrogen-bond donors (Lipinski definition) is 1. The summed E-state index contributed by atoms with van der Waals surface area (Å²) >= 11 is 0. The fourth-order valence-electron chi connectivity index (χ4n) is 2.55. The summed E-state index contributed by atoms with van der Waals surface area (Å²) in [5, 5.41) is 3.53. The van der Waals surface area contributed by atoms with Crippen molar-refractivity contribution in [3.05, 3.63) is 23.0 Å². The van der Waals surface area contributed by atoms with Crippen molar-refractivity contribution in [2.24, 2.45) is 0 Å². The van der Waals surface area contributed by atoms with Gasteiger partial charge in [0, 0.05) is 49.2 Å². The molecule has 0 saturated heterocycles. The average Bonchev–Trinajstić information content (AvgIpc) is 2.43. The van der Waals surface area contributed by atoms with Crippen molar-refractivity contribution in [2.45, 2.75) is 46.1 Å². The summed E-state index contributed by atoms with van der Waals surface area (Å²) in [7, 11) is 3.47. The number of aryl methyl sites for hydroxylation is 1. The van der Waals surface area contributed by atoms with Crippen LogP contribution in [0.1, 0.15) is 36.6 Å². The third-order valence-electron chi connectivity index (χ3n) is 3.58. The van der Waals surface area contributed by atoms with E-state index in [0.717, 1.165) is 55.0 Å². The molecule has 0 radical (unpaired) electrons. The fourth-order valence-corrected chi connectivity index (χ4v) is 2.55. The minimum Gasteiger partial charge on any atom is -0.496 e. The molecule has 4 nitrogen and oxygen atoms in total.